The fraction of sp³-hybridized carbons (Fsp3) is 0. The van der Waals surface area contributed by atoms with E-state index >= 15 is 0 Å². The van der Waals surface area contributed by atoms with E-state index < -0.39 is 5.91 Å². The van der Waals surface area contributed by atoms with Crippen LogP contribution in [0.25, 0.3) is 11.0 Å². The van der Waals surface area contributed by atoms with Crippen molar-refractivity contribution >= 4 is 16.9 Å². The third kappa shape index (κ3) is 1.10. The number of imidazole rings is 1. The highest BCUT2D eigenvalue weighted by atomic mass is 16.1. The van der Waals surface area contributed by atoms with Crippen LogP contribution in [-0.4, -0.2) is 15.9 Å². The standard InChI is InChI=1S/C8H7N3O2/c9-7(12)4-2-1-3-5-6(4)11-8(13)10-5/h1-3H,(H2,9,12)(H2,10,11,13). The number of carbonyl (C=O) groups excluding carboxylic acids is 1. The van der Waals surface area contributed by atoms with Crippen molar-refractivity contribution in [1.82, 2.24) is 9.97 Å². The number of hydrogen-bond donors (Lipinski definition) is 3. The van der Waals surface area contributed by atoms with Crippen LogP contribution in [0.4, 0.5) is 0 Å². The summed E-state index contributed by atoms with van der Waals surface area (Å²) in [6, 6.07) is 4.92. The number of nitrogens with one attached hydrogen (secondary N) is 2. The number of H-pyrrole nitrogens is 2. The Balaban J connectivity index is 2.90. The molecule has 2 rings (SSSR count). The molecule has 0 fully saturated rings. The summed E-state index contributed by atoms with van der Waals surface area (Å²) in [5.74, 6) is -0.555. The lowest BCUT2D eigenvalue weighted by atomic mass is 10.2. The molecule has 4 N–H and O–H groups in total. The average Bonchev–Trinajstić information content (AvgIpc) is 2.43. The number of primary amides is 1. The van der Waals surface area contributed by atoms with Crippen molar-refractivity contribution in [1.29, 1.82) is 0 Å². The van der Waals surface area contributed by atoms with E-state index in [0.717, 1.165) is 0 Å². The molecule has 66 valence electrons. The van der Waals surface area contributed by atoms with E-state index in [1.165, 1.54) is 0 Å². The van der Waals surface area contributed by atoms with Crippen molar-refractivity contribution in [2.75, 3.05) is 0 Å². The van der Waals surface area contributed by atoms with Crippen molar-refractivity contribution in [3.63, 3.8) is 0 Å². The zero-order chi connectivity index (χ0) is 9.42. The molecule has 1 aromatic carbocycles. The van der Waals surface area contributed by atoms with E-state index in [9.17, 15) is 9.59 Å². The van der Waals surface area contributed by atoms with E-state index in [1.807, 2.05) is 0 Å². The smallest absolute Gasteiger partial charge is 0.323 e. The molecule has 5 nitrogen and oxygen atoms in total. The number of aromatic amines is 2. The van der Waals surface area contributed by atoms with Gasteiger partial charge < -0.3 is 15.7 Å². The van der Waals surface area contributed by atoms with Gasteiger partial charge in [0.05, 0.1) is 16.6 Å². The first-order chi connectivity index (χ1) is 6.18. The van der Waals surface area contributed by atoms with Gasteiger partial charge in [0.2, 0.25) is 0 Å². The molecule has 1 heterocycles. The minimum Gasteiger partial charge on any atom is -0.366 e. The zero-order valence-electron chi connectivity index (χ0n) is 6.63. The Morgan fingerprint density at radius 3 is 2.77 bits per heavy atom. The molecule has 13 heavy (non-hydrogen) atoms. The first kappa shape index (κ1) is 7.60. The molecule has 0 aliphatic carbocycles. The predicted octanol–water partition coefficient (Wildman–Crippen LogP) is -0.0449. The molecule has 0 aliphatic rings. The molecule has 0 atom stereocenters. The Morgan fingerprint density at radius 2 is 2.08 bits per heavy atom. The second-order valence-corrected chi connectivity index (χ2v) is 2.67. The molecular formula is C8H7N3O2. The highest BCUT2D eigenvalue weighted by Crippen LogP contribution is 2.11. The minimum absolute atomic E-state index is 0.316. The van der Waals surface area contributed by atoms with Gasteiger partial charge in [0.25, 0.3) is 5.91 Å². The number of amides is 1. The molecule has 1 aromatic heterocycles. The van der Waals surface area contributed by atoms with Crippen LogP contribution in [0.15, 0.2) is 23.0 Å². The van der Waals surface area contributed by atoms with Gasteiger partial charge in [0.15, 0.2) is 0 Å². The second kappa shape index (κ2) is 2.48. The van der Waals surface area contributed by atoms with Crippen molar-refractivity contribution in [2.24, 2.45) is 5.73 Å². The molecule has 0 saturated carbocycles. The maximum Gasteiger partial charge on any atom is 0.323 e. The third-order valence-corrected chi connectivity index (χ3v) is 1.82. The third-order valence-electron chi connectivity index (χ3n) is 1.82. The molecule has 0 saturated heterocycles. The van der Waals surface area contributed by atoms with Crippen molar-refractivity contribution in [3.8, 4) is 0 Å². The molecule has 0 aliphatic heterocycles. The first-order valence-electron chi connectivity index (χ1n) is 3.69. The fourth-order valence-electron chi connectivity index (χ4n) is 1.26. The van der Waals surface area contributed by atoms with Crippen molar-refractivity contribution in [3.05, 3.63) is 34.2 Å². The van der Waals surface area contributed by atoms with Gasteiger partial charge in [-0.05, 0) is 12.1 Å². The van der Waals surface area contributed by atoms with Crippen LogP contribution in [0.1, 0.15) is 10.4 Å². The minimum atomic E-state index is -0.555. The van der Waals surface area contributed by atoms with E-state index in [2.05, 4.69) is 9.97 Å². The number of rotatable bonds is 1. The molecule has 0 spiro atoms. The first-order valence-corrected chi connectivity index (χ1v) is 3.69. The number of hydrogen-bond acceptors (Lipinski definition) is 2. The molecular weight excluding hydrogens is 170 g/mol. The van der Waals surface area contributed by atoms with Gasteiger partial charge in [0.1, 0.15) is 0 Å². The molecule has 5 heteroatoms. The maximum absolute atomic E-state index is 10.9. The number of aromatic nitrogens is 2. The van der Waals surface area contributed by atoms with Crippen LogP contribution in [0.2, 0.25) is 0 Å². The lowest BCUT2D eigenvalue weighted by Crippen LogP contribution is -2.11. The fourth-order valence-corrected chi connectivity index (χ4v) is 1.26. The Bertz CT molecular complexity index is 523. The van der Waals surface area contributed by atoms with Crippen LogP contribution in [0.3, 0.4) is 0 Å². The lowest BCUT2D eigenvalue weighted by Gasteiger charge is -1.95. The summed E-state index contributed by atoms with van der Waals surface area (Å²) in [6.45, 7) is 0. The van der Waals surface area contributed by atoms with Gasteiger partial charge in [-0.1, -0.05) is 6.07 Å². The van der Waals surface area contributed by atoms with Crippen LogP contribution in [0.5, 0.6) is 0 Å². The quantitative estimate of drug-likeness (QED) is 0.570. The Labute approximate surface area is 72.6 Å². The number of para-hydroxylation sites is 1. The summed E-state index contributed by atoms with van der Waals surface area (Å²) in [4.78, 5) is 26.8. The summed E-state index contributed by atoms with van der Waals surface area (Å²) < 4.78 is 0. The van der Waals surface area contributed by atoms with Gasteiger partial charge in [-0.3, -0.25) is 4.79 Å². The predicted molar refractivity (Wildman–Crippen MR) is 47.4 cm³/mol. The molecule has 0 unspecified atom stereocenters. The highest BCUT2D eigenvalue weighted by Gasteiger charge is 2.07. The monoisotopic (exact) mass is 177 g/mol. The van der Waals surface area contributed by atoms with Crippen molar-refractivity contribution < 1.29 is 4.79 Å². The van der Waals surface area contributed by atoms with E-state index in [-0.39, 0.29) is 5.69 Å². The van der Waals surface area contributed by atoms with Gasteiger partial charge in [-0.25, -0.2) is 4.79 Å². The molecule has 2 aromatic rings. The summed E-state index contributed by atoms with van der Waals surface area (Å²) >= 11 is 0. The molecule has 0 radical (unpaired) electrons. The van der Waals surface area contributed by atoms with Gasteiger partial charge >= 0.3 is 5.69 Å². The lowest BCUT2D eigenvalue weighted by molar-refractivity contribution is 0.100. The Kier molecular flexibility index (Phi) is 1.45. The molecule has 0 bridgehead atoms. The normalized spacial score (nSPS) is 10.5. The summed E-state index contributed by atoms with van der Waals surface area (Å²) in [7, 11) is 0. The average molecular weight is 177 g/mol. The maximum atomic E-state index is 10.9. The van der Waals surface area contributed by atoms with Crippen LogP contribution >= 0.6 is 0 Å². The van der Waals surface area contributed by atoms with E-state index in [4.69, 9.17) is 5.73 Å². The highest BCUT2D eigenvalue weighted by molar-refractivity contribution is 6.03. The van der Waals surface area contributed by atoms with Crippen LogP contribution in [-0.2, 0) is 0 Å². The number of carbonyl (C=O) groups is 1. The largest absolute Gasteiger partial charge is 0.366 e. The van der Waals surface area contributed by atoms with Crippen molar-refractivity contribution in [2.45, 2.75) is 0 Å². The van der Waals surface area contributed by atoms with E-state index in [1.54, 1.807) is 18.2 Å². The SMILES string of the molecule is NC(=O)c1cccc2[nH]c(=O)[nH]c12. The van der Waals surface area contributed by atoms with Gasteiger partial charge in [-0.2, -0.15) is 0 Å². The second-order valence-electron chi connectivity index (χ2n) is 2.67. The summed E-state index contributed by atoms with van der Waals surface area (Å²) in [6.07, 6.45) is 0. The van der Waals surface area contributed by atoms with Gasteiger partial charge in [-0.15, -0.1) is 0 Å². The number of benzene rings is 1. The number of fused-ring (bicyclic) bond motifs is 1. The Hall–Kier alpha value is -2.04. The topological polar surface area (TPSA) is 91.7 Å². The zero-order valence-corrected chi connectivity index (χ0v) is 6.63. The van der Waals surface area contributed by atoms with E-state index in [0.29, 0.717) is 16.6 Å². The Morgan fingerprint density at radius 1 is 1.31 bits per heavy atom. The summed E-state index contributed by atoms with van der Waals surface area (Å²) in [5.41, 5.74) is 6.13. The van der Waals surface area contributed by atoms with Crippen LogP contribution < -0.4 is 11.4 Å². The number of nitrogens with two attached hydrogens (primary N) is 1. The van der Waals surface area contributed by atoms with Gasteiger partial charge in [0, 0.05) is 0 Å². The van der Waals surface area contributed by atoms with Crippen LogP contribution in [0, 0.1) is 0 Å². The summed E-state index contributed by atoms with van der Waals surface area (Å²) in [5, 5.41) is 0. The molecule has 1 amide bonds.